The molecule has 3 aromatic rings. The minimum atomic E-state index is -4.02. The van der Waals surface area contributed by atoms with Crippen LogP contribution >= 0.6 is 23.2 Å². The van der Waals surface area contributed by atoms with Crippen molar-refractivity contribution in [3.63, 3.8) is 0 Å². The predicted molar refractivity (Wildman–Crippen MR) is 119 cm³/mol. The van der Waals surface area contributed by atoms with Crippen LogP contribution in [0.3, 0.4) is 0 Å². The molecule has 3 rings (SSSR count). The van der Waals surface area contributed by atoms with Gasteiger partial charge in [-0.25, -0.2) is 5.43 Å². The van der Waals surface area contributed by atoms with Crippen LogP contribution in [-0.2, 0) is 10.1 Å². The van der Waals surface area contributed by atoms with E-state index in [0.717, 1.165) is 0 Å². The summed E-state index contributed by atoms with van der Waals surface area (Å²) < 4.78 is 35.2. The van der Waals surface area contributed by atoms with E-state index in [9.17, 15) is 13.2 Å². The number of benzene rings is 3. The van der Waals surface area contributed by atoms with E-state index in [0.29, 0.717) is 16.1 Å². The molecule has 0 bridgehead atoms. The van der Waals surface area contributed by atoms with E-state index in [-0.39, 0.29) is 21.4 Å². The summed E-state index contributed by atoms with van der Waals surface area (Å²) in [5, 5.41) is 4.47. The number of nitrogens with zero attached hydrogens (tertiary/aromatic N) is 1. The number of hydrazone groups is 1. The molecule has 0 atom stereocenters. The zero-order valence-corrected chi connectivity index (χ0v) is 18.4. The normalized spacial score (nSPS) is 11.3. The molecule has 3 aromatic carbocycles. The number of methoxy groups -OCH3 is 1. The average molecular weight is 479 g/mol. The highest BCUT2D eigenvalue weighted by Gasteiger charge is 2.18. The summed E-state index contributed by atoms with van der Waals surface area (Å²) in [7, 11) is -2.64. The fourth-order valence-electron chi connectivity index (χ4n) is 2.45. The van der Waals surface area contributed by atoms with Crippen LogP contribution in [0.4, 0.5) is 0 Å². The molecule has 10 heteroatoms. The molecular weight excluding hydrogens is 463 g/mol. The number of hydrogen-bond donors (Lipinski definition) is 1. The van der Waals surface area contributed by atoms with E-state index in [4.69, 9.17) is 32.1 Å². The Hall–Kier alpha value is -3.07. The molecule has 0 aromatic heterocycles. The predicted octanol–water partition coefficient (Wildman–Crippen LogP) is 4.53. The van der Waals surface area contributed by atoms with Crippen LogP contribution in [0.1, 0.15) is 15.9 Å². The Morgan fingerprint density at radius 1 is 0.968 bits per heavy atom. The van der Waals surface area contributed by atoms with Gasteiger partial charge in [-0.3, -0.25) is 4.79 Å². The lowest BCUT2D eigenvalue weighted by molar-refractivity contribution is 0.0955. The molecule has 7 nitrogen and oxygen atoms in total. The van der Waals surface area contributed by atoms with Gasteiger partial charge in [0.2, 0.25) is 0 Å². The number of amides is 1. The molecule has 0 saturated heterocycles. The molecule has 0 aliphatic heterocycles. The Labute approximate surface area is 189 Å². The van der Waals surface area contributed by atoms with Gasteiger partial charge >= 0.3 is 10.1 Å². The molecule has 0 unspecified atom stereocenters. The van der Waals surface area contributed by atoms with Crippen molar-refractivity contribution in [2.75, 3.05) is 7.11 Å². The fourth-order valence-corrected chi connectivity index (χ4v) is 3.71. The van der Waals surface area contributed by atoms with Gasteiger partial charge in [-0.1, -0.05) is 41.4 Å². The molecule has 0 spiro atoms. The van der Waals surface area contributed by atoms with Crippen molar-refractivity contribution in [3.05, 3.63) is 87.9 Å². The Morgan fingerprint density at radius 2 is 1.71 bits per heavy atom. The zero-order valence-electron chi connectivity index (χ0n) is 16.1. The van der Waals surface area contributed by atoms with E-state index < -0.39 is 16.0 Å². The van der Waals surface area contributed by atoms with Gasteiger partial charge in [0.25, 0.3) is 5.91 Å². The quantitative estimate of drug-likeness (QED) is 0.305. The first kappa shape index (κ1) is 22.6. The van der Waals surface area contributed by atoms with Crippen LogP contribution in [0.25, 0.3) is 0 Å². The van der Waals surface area contributed by atoms with Crippen LogP contribution in [-0.4, -0.2) is 27.6 Å². The summed E-state index contributed by atoms with van der Waals surface area (Å²) in [4.78, 5) is 12.2. The Balaban J connectivity index is 1.72. The van der Waals surface area contributed by atoms with Gasteiger partial charge < -0.3 is 8.92 Å². The Morgan fingerprint density at radius 3 is 2.39 bits per heavy atom. The second-order valence-electron chi connectivity index (χ2n) is 6.09. The number of carbonyl (C=O) groups is 1. The lowest BCUT2D eigenvalue weighted by Crippen LogP contribution is -2.17. The third kappa shape index (κ3) is 5.75. The molecule has 0 heterocycles. The van der Waals surface area contributed by atoms with Crippen LogP contribution in [0.5, 0.6) is 11.5 Å². The Bertz CT molecular complexity index is 1230. The van der Waals surface area contributed by atoms with E-state index in [1.165, 1.54) is 55.8 Å². The number of halogens is 2. The van der Waals surface area contributed by atoms with E-state index in [1.807, 2.05) is 0 Å². The highest BCUT2D eigenvalue weighted by atomic mass is 35.5. The number of ether oxygens (including phenoxy) is 1. The maximum atomic E-state index is 12.4. The highest BCUT2D eigenvalue weighted by molar-refractivity contribution is 7.87. The fraction of sp³-hybridized carbons (Fsp3) is 0.0476. The topological polar surface area (TPSA) is 94.1 Å². The third-order valence-electron chi connectivity index (χ3n) is 3.98. The number of rotatable bonds is 7. The lowest BCUT2D eigenvalue weighted by Gasteiger charge is -2.11. The van der Waals surface area contributed by atoms with E-state index in [2.05, 4.69) is 10.5 Å². The molecule has 1 N–H and O–H groups in total. The van der Waals surface area contributed by atoms with E-state index >= 15 is 0 Å². The SMILES string of the molecule is COc1cc(/C=N\NC(=O)c2ccc(Cl)c(Cl)c2)ccc1OS(=O)(=O)c1ccccc1. The molecule has 0 radical (unpaired) electrons. The van der Waals surface area contributed by atoms with Crippen molar-refractivity contribution < 1.29 is 22.1 Å². The third-order valence-corrected chi connectivity index (χ3v) is 5.97. The Kier molecular flexibility index (Phi) is 7.17. The van der Waals surface area contributed by atoms with Gasteiger partial charge in [-0.2, -0.15) is 13.5 Å². The van der Waals surface area contributed by atoms with Crippen LogP contribution in [0.15, 0.2) is 76.7 Å². The van der Waals surface area contributed by atoms with Gasteiger partial charge in [-0.15, -0.1) is 0 Å². The first-order valence-corrected chi connectivity index (χ1v) is 10.9. The molecule has 1 amide bonds. The molecule has 0 aliphatic rings. The summed E-state index contributed by atoms with van der Waals surface area (Å²) in [6, 6.07) is 16.7. The molecule has 160 valence electrons. The number of hydrogen-bond acceptors (Lipinski definition) is 6. The van der Waals surface area contributed by atoms with Crippen molar-refractivity contribution in [2.24, 2.45) is 5.10 Å². The van der Waals surface area contributed by atoms with Crippen LogP contribution in [0, 0.1) is 0 Å². The van der Waals surface area contributed by atoms with Crippen molar-refractivity contribution in [1.82, 2.24) is 5.43 Å². The maximum absolute atomic E-state index is 12.4. The summed E-state index contributed by atoms with van der Waals surface area (Å²) in [6.45, 7) is 0. The smallest absolute Gasteiger partial charge is 0.339 e. The molecule has 0 saturated carbocycles. The van der Waals surface area contributed by atoms with Gasteiger partial charge in [0.15, 0.2) is 11.5 Å². The number of nitrogens with one attached hydrogen (secondary N) is 1. The van der Waals surface area contributed by atoms with Crippen molar-refractivity contribution >= 4 is 45.4 Å². The summed E-state index contributed by atoms with van der Waals surface area (Å²) in [6.07, 6.45) is 1.37. The van der Waals surface area contributed by atoms with Crippen LogP contribution < -0.4 is 14.3 Å². The van der Waals surface area contributed by atoms with Crippen LogP contribution in [0.2, 0.25) is 10.0 Å². The first-order chi connectivity index (χ1) is 14.8. The van der Waals surface area contributed by atoms with E-state index in [1.54, 1.807) is 24.3 Å². The summed E-state index contributed by atoms with van der Waals surface area (Å²) >= 11 is 11.7. The van der Waals surface area contributed by atoms with Gasteiger partial charge in [0.1, 0.15) is 4.90 Å². The molecule has 0 aliphatic carbocycles. The highest BCUT2D eigenvalue weighted by Crippen LogP contribution is 2.30. The minimum Gasteiger partial charge on any atom is -0.493 e. The van der Waals surface area contributed by atoms with Crippen molar-refractivity contribution in [1.29, 1.82) is 0 Å². The largest absolute Gasteiger partial charge is 0.493 e. The minimum absolute atomic E-state index is 0.0170. The van der Waals surface area contributed by atoms with Gasteiger partial charge in [-0.05, 0) is 54.1 Å². The van der Waals surface area contributed by atoms with Crippen molar-refractivity contribution in [2.45, 2.75) is 4.90 Å². The first-order valence-electron chi connectivity index (χ1n) is 8.76. The summed E-state index contributed by atoms with van der Waals surface area (Å²) in [5.74, 6) is -0.279. The zero-order chi connectivity index (χ0) is 22.4. The molecule has 31 heavy (non-hydrogen) atoms. The monoisotopic (exact) mass is 478 g/mol. The van der Waals surface area contributed by atoms with Gasteiger partial charge in [0, 0.05) is 5.56 Å². The standard InChI is InChI=1S/C21H16Cl2N2O5S/c1-29-20-11-14(13-24-25-21(26)15-8-9-17(22)18(23)12-15)7-10-19(20)30-31(27,28)16-5-3-2-4-6-16/h2-13H,1H3,(H,25,26)/b24-13-. The summed E-state index contributed by atoms with van der Waals surface area (Å²) in [5.41, 5.74) is 3.20. The molecule has 0 fully saturated rings. The second kappa shape index (κ2) is 9.82. The molecular formula is C21H16Cl2N2O5S. The average Bonchev–Trinajstić information content (AvgIpc) is 2.77. The van der Waals surface area contributed by atoms with Gasteiger partial charge in [0.05, 0.1) is 23.4 Å². The van der Waals surface area contributed by atoms with Crippen molar-refractivity contribution in [3.8, 4) is 11.5 Å². The lowest BCUT2D eigenvalue weighted by atomic mass is 10.2. The second-order valence-corrected chi connectivity index (χ2v) is 8.45. The maximum Gasteiger partial charge on any atom is 0.339 e. The number of carbonyl (C=O) groups excluding carboxylic acids is 1.